The molecule has 0 radical (unpaired) electrons. The van der Waals surface area contributed by atoms with Crippen LogP contribution >= 0.6 is 0 Å². The summed E-state index contributed by atoms with van der Waals surface area (Å²) in [5, 5.41) is 10.9. The van der Waals surface area contributed by atoms with Gasteiger partial charge in [-0.1, -0.05) is 6.07 Å². The van der Waals surface area contributed by atoms with Crippen molar-refractivity contribution in [3.63, 3.8) is 0 Å². The molecule has 7 heteroatoms. The summed E-state index contributed by atoms with van der Waals surface area (Å²) in [6, 6.07) is 8.21. The summed E-state index contributed by atoms with van der Waals surface area (Å²) in [4.78, 5) is 23.4. The smallest absolute Gasteiger partial charge is 0.276 e. The lowest BCUT2D eigenvalue weighted by molar-refractivity contribution is -0.605. The van der Waals surface area contributed by atoms with Crippen molar-refractivity contribution in [1.29, 1.82) is 0 Å². The molecule has 2 aromatic rings. The van der Waals surface area contributed by atoms with E-state index in [4.69, 9.17) is 4.74 Å². The summed E-state index contributed by atoms with van der Waals surface area (Å²) in [5.41, 5.74) is 6.95. The van der Waals surface area contributed by atoms with Gasteiger partial charge in [-0.3, -0.25) is 20.4 Å². The van der Waals surface area contributed by atoms with Gasteiger partial charge < -0.3 is 9.94 Å². The third-order valence-corrected chi connectivity index (χ3v) is 3.23. The van der Waals surface area contributed by atoms with E-state index in [-0.39, 0.29) is 12.2 Å². The Balaban J connectivity index is 1.79. The molecular formula is C16H17N3O4. The molecule has 0 aliphatic carbocycles. The van der Waals surface area contributed by atoms with Crippen molar-refractivity contribution in [2.24, 2.45) is 0 Å². The van der Waals surface area contributed by atoms with Crippen LogP contribution in [0.4, 0.5) is 0 Å². The van der Waals surface area contributed by atoms with Crippen LogP contribution in [0.15, 0.2) is 42.7 Å². The molecular weight excluding hydrogens is 298 g/mol. The van der Waals surface area contributed by atoms with Crippen LogP contribution in [0, 0.1) is 19.1 Å². The highest BCUT2D eigenvalue weighted by Crippen LogP contribution is 2.16. The van der Waals surface area contributed by atoms with Gasteiger partial charge in [-0.05, 0) is 37.1 Å². The lowest BCUT2D eigenvalue weighted by Gasteiger charge is -2.10. The fraction of sp³-hybridized carbons (Fsp3) is 0.188. The molecule has 1 aromatic heterocycles. The van der Waals surface area contributed by atoms with Crippen LogP contribution in [-0.2, 0) is 4.79 Å². The highest BCUT2D eigenvalue weighted by atomic mass is 16.5. The Morgan fingerprint density at radius 2 is 1.78 bits per heavy atom. The van der Waals surface area contributed by atoms with E-state index in [1.165, 1.54) is 24.5 Å². The Kier molecular flexibility index (Phi) is 5.14. The molecule has 23 heavy (non-hydrogen) atoms. The van der Waals surface area contributed by atoms with Crippen molar-refractivity contribution in [3.8, 4) is 5.75 Å². The van der Waals surface area contributed by atoms with Crippen LogP contribution in [0.25, 0.3) is 0 Å². The lowest BCUT2D eigenvalue weighted by atomic mass is 10.1. The maximum atomic E-state index is 11.7. The van der Waals surface area contributed by atoms with Crippen LogP contribution in [0.2, 0.25) is 0 Å². The van der Waals surface area contributed by atoms with Gasteiger partial charge in [-0.15, -0.1) is 0 Å². The number of carbonyl (C=O) groups is 2. The van der Waals surface area contributed by atoms with E-state index in [9.17, 15) is 14.8 Å². The largest absolute Gasteiger partial charge is 0.619 e. The zero-order valence-electron chi connectivity index (χ0n) is 12.8. The van der Waals surface area contributed by atoms with Crippen LogP contribution < -0.4 is 20.3 Å². The van der Waals surface area contributed by atoms with Crippen LogP contribution in [0.1, 0.15) is 21.5 Å². The number of aryl methyl sites for hydroxylation is 2. The minimum absolute atomic E-state index is 0.224. The number of pyridine rings is 1. The Bertz CT molecular complexity index is 714. The first-order chi connectivity index (χ1) is 11.0. The van der Waals surface area contributed by atoms with E-state index >= 15 is 0 Å². The second kappa shape index (κ2) is 7.26. The number of nitrogens with one attached hydrogen (secondary N) is 2. The second-order valence-electron chi connectivity index (χ2n) is 4.98. The Morgan fingerprint density at radius 1 is 1.09 bits per heavy atom. The van der Waals surface area contributed by atoms with Crippen molar-refractivity contribution < 1.29 is 19.1 Å². The van der Waals surface area contributed by atoms with Gasteiger partial charge in [0.2, 0.25) is 0 Å². The summed E-state index contributed by atoms with van der Waals surface area (Å²) in [6.45, 7) is 3.71. The summed E-state index contributed by atoms with van der Waals surface area (Å²) in [6.07, 6.45) is 2.39. The normalized spacial score (nSPS) is 10.0. The van der Waals surface area contributed by atoms with E-state index in [1.54, 1.807) is 6.07 Å². The fourth-order valence-electron chi connectivity index (χ4n) is 1.75. The van der Waals surface area contributed by atoms with Crippen molar-refractivity contribution in [2.45, 2.75) is 13.8 Å². The summed E-state index contributed by atoms with van der Waals surface area (Å²) < 4.78 is 5.91. The van der Waals surface area contributed by atoms with Gasteiger partial charge in [0.15, 0.2) is 19.0 Å². The van der Waals surface area contributed by atoms with Gasteiger partial charge in [0.25, 0.3) is 11.8 Å². The molecule has 120 valence electrons. The van der Waals surface area contributed by atoms with E-state index in [2.05, 4.69) is 10.9 Å². The topological polar surface area (TPSA) is 94.4 Å². The number of carbonyl (C=O) groups excluding carboxylic acids is 2. The van der Waals surface area contributed by atoms with Gasteiger partial charge in [0, 0.05) is 12.1 Å². The molecule has 1 heterocycles. The van der Waals surface area contributed by atoms with E-state index in [1.807, 2.05) is 26.0 Å². The van der Waals surface area contributed by atoms with E-state index in [0.29, 0.717) is 10.5 Å². The van der Waals surface area contributed by atoms with Gasteiger partial charge in [-0.2, -0.15) is 4.73 Å². The predicted molar refractivity (Wildman–Crippen MR) is 82.4 cm³/mol. The maximum absolute atomic E-state index is 11.7. The maximum Gasteiger partial charge on any atom is 0.276 e. The number of hydrazine groups is 1. The first-order valence-corrected chi connectivity index (χ1v) is 6.94. The Hall–Kier alpha value is -3.09. The molecule has 0 atom stereocenters. The predicted octanol–water partition coefficient (Wildman–Crippen LogP) is 0.777. The standard InChI is InChI=1S/C16H17N3O4/c1-11-3-4-14(9-12(11)2)23-10-15(20)17-18-16(21)13-5-7-19(22)8-6-13/h3-9H,10H2,1-2H3,(H,17,20)(H,18,21). The van der Waals surface area contributed by atoms with Crippen molar-refractivity contribution in [3.05, 3.63) is 64.6 Å². The highest BCUT2D eigenvalue weighted by molar-refractivity contribution is 5.95. The lowest BCUT2D eigenvalue weighted by Crippen LogP contribution is -2.44. The van der Waals surface area contributed by atoms with Crippen molar-refractivity contribution in [2.75, 3.05) is 6.61 Å². The number of hydrogen-bond donors (Lipinski definition) is 2. The number of ether oxygens (including phenoxy) is 1. The summed E-state index contributed by atoms with van der Waals surface area (Å²) in [5.74, 6) is -0.436. The molecule has 0 saturated heterocycles. The number of rotatable bonds is 4. The Morgan fingerprint density at radius 3 is 2.43 bits per heavy atom. The quantitative estimate of drug-likeness (QED) is 0.495. The molecule has 2 N–H and O–H groups in total. The zero-order valence-corrected chi connectivity index (χ0v) is 12.8. The average molecular weight is 315 g/mol. The third-order valence-electron chi connectivity index (χ3n) is 3.23. The van der Waals surface area contributed by atoms with Gasteiger partial charge in [-0.25, -0.2) is 0 Å². The highest BCUT2D eigenvalue weighted by Gasteiger charge is 2.09. The molecule has 0 aliphatic rings. The minimum Gasteiger partial charge on any atom is -0.619 e. The first kappa shape index (κ1) is 16.3. The molecule has 0 spiro atoms. The monoisotopic (exact) mass is 315 g/mol. The number of amides is 2. The van der Waals surface area contributed by atoms with E-state index in [0.717, 1.165) is 11.1 Å². The van der Waals surface area contributed by atoms with Crippen molar-refractivity contribution >= 4 is 11.8 Å². The van der Waals surface area contributed by atoms with E-state index < -0.39 is 11.8 Å². The molecule has 7 nitrogen and oxygen atoms in total. The fourth-order valence-corrected chi connectivity index (χ4v) is 1.75. The molecule has 0 bridgehead atoms. The Labute approximate surface area is 133 Å². The molecule has 0 aliphatic heterocycles. The molecule has 0 fully saturated rings. The molecule has 0 unspecified atom stereocenters. The minimum atomic E-state index is -0.523. The van der Waals surface area contributed by atoms with Crippen molar-refractivity contribution in [1.82, 2.24) is 10.9 Å². The number of nitrogens with zero attached hydrogens (tertiary/aromatic N) is 1. The van der Waals surface area contributed by atoms with Gasteiger partial charge >= 0.3 is 0 Å². The zero-order chi connectivity index (χ0) is 16.8. The number of aromatic nitrogens is 1. The second-order valence-corrected chi connectivity index (χ2v) is 4.98. The molecule has 2 amide bonds. The third kappa shape index (κ3) is 4.70. The van der Waals surface area contributed by atoms with Crippen LogP contribution in [0.5, 0.6) is 5.75 Å². The molecule has 1 aromatic carbocycles. The van der Waals surface area contributed by atoms with Crippen LogP contribution in [0.3, 0.4) is 0 Å². The van der Waals surface area contributed by atoms with Gasteiger partial charge in [0.1, 0.15) is 5.75 Å². The first-order valence-electron chi connectivity index (χ1n) is 6.94. The summed E-state index contributed by atoms with van der Waals surface area (Å²) in [7, 11) is 0. The van der Waals surface area contributed by atoms with Crippen LogP contribution in [-0.4, -0.2) is 18.4 Å². The molecule has 2 rings (SSSR count). The summed E-state index contributed by atoms with van der Waals surface area (Å²) >= 11 is 0. The number of hydrogen-bond acceptors (Lipinski definition) is 4. The number of benzene rings is 1. The van der Waals surface area contributed by atoms with Gasteiger partial charge in [0.05, 0.1) is 5.56 Å². The average Bonchev–Trinajstić information content (AvgIpc) is 2.54. The molecule has 0 saturated carbocycles. The SMILES string of the molecule is Cc1ccc(OCC(=O)NNC(=O)c2cc[n+]([O-])cc2)cc1C.